The fourth-order valence-corrected chi connectivity index (χ4v) is 1.09. The summed E-state index contributed by atoms with van der Waals surface area (Å²) < 4.78 is 0. The van der Waals surface area contributed by atoms with Gasteiger partial charge >= 0.3 is 0 Å². The molecular formula is C11H13O2-. The van der Waals surface area contributed by atoms with E-state index in [2.05, 4.69) is 0 Å². The van der Waals surface area contributed by atoms with Crippen molar-refractivity contribution >= 4 is 5.97 Å². The lowest BCUT2D eigenvalue weighted by molar-refractivity contribution is -0.312. The summed E-state index contributed by atoms with van der Waals surface area (Å²) in [5, 5.41) is 10.8. The summed E-state index contributed by atoms with van der Waals surface area (Å²) in [7, 11) is 0. The van der Waals surface area contributed by atoms with Crippen LogP contribution < -0.4 is 5.11 Å². The van der Waals surface area contributed by atoms with Gasteiger partial charge in [0.25, 0.3) is 0 Å². The molecule has 0 unspecified atom stereocenters. The van der Waals surface area contributed by atoms with Gasteiger partial charge in [0.05, 0.1) is 5.97 Å². The SMILES string of the molecule is Cc1ccc(C(C)(C)C(=O)[O-])cc1. The van der Waals surface area contributed by atoms with Crippen LogP contribution in [-0.4, -0.2) is 5.97 Å². The Kier molecular flexibility index (Phi) is 2.41. The summed E-state index contributed by atoms with van der Waals surface area (Å²) in [5.74, 6) is -1.05. The van der Waals surface area contributed by atoms with E-state index in [1.807, 2.05) is 31.2 Å². The first-order valence-corrected chi connectivity index (χ1v) is 4.23. The maximum Gasteiger partial charge on any atom is 0.0514 e. The predicted octanol–water partition coefficient (Wildman–Crippen LogP) is 1.02. The highest BCUT2D eigenvalue weighted by Crippen LogP contribution is 2.22. The van der Waals surface area contributed by atoms with Crippen molar-refractivity contribution in [3.8, 4) is 0 Å². The van der Waals surface area contributed by atoms with Gasteiger partial charge in [0.1, 0.15) is 0 Å². The molecule has 1 aromatic carbocycles. The molecule has 1 aromatic rings. The molecule has 0 aliphatic heterocycles. The van der Waals surface area contributed by atoms with E-state index in [0.29, 0.717) is 0 Å². The second kappa shape index (κ2) is 3.21. The Hall–Kier alpha value is -1.31. The molecule has 0 radical (unpaired) electrons. The van der Waals surface area contributed by atoms with Crippen molar-refractivity contribution in [3.05, 3.63) is 35.4 Å². The Labute approximate surface area is 78.2 Å². The van der Waals surface area contributed by atoms with E-state index in [4.69, 9.17) is 0 Å². The number of aryl methyl sites for hydroxylation is 1. The maximum atomic E-state index is 10.8. The van der Waals surface area contributed by atoms with Crippen molar-refractivity contribution in [1.29, 1.82) is 0 Å². The smallest absolute Gasteiger partial charge is 0.0514 e. The van der Waals surface area contributed by atoms with Gasteiger partial charge in [-0.25, -0.2) is 0 Å². The van der Waals surface area contributed by atoms with Crippen LogP contribution in [0.1, 0.15) is 25.0 Å². The highest BCUT2D eigenvalue weighted by atomic mass is 16.4. The number of benzene rings is 1. The first-order chi connectivity index (χ1) is 5.94. The normalized spacial score (nSPS) is 11.3. The summed E-state index contributed by atoms with van der Waals surface area (Å²) in [6, 6.07) is 7.45. The van der Waals surface area contributed by atoms with E-state index in [-0.39, 0.29) is 0 Å². The molecule has 13 heavy (non-hydrogen) atoms. The van der Waals surface area contributed by atoms with Crippen LogP contribution in [0.15, 0.2) is 24.3 Å². The van der Waals surface area contributed by atoms with Crippen LogP contribution in [0, 0.1) is 6.92 Å². The van der Waals surface area contributed by atoms with Crippen LogP contribution in [0.4, 0.5) is 0 Å². The van der Waals surface area contributed by atoms with Gasteiger partial charge in [0.15, 0.2) is 0 Å². The zero-order valence-electron chi connectivity index (χ0n) is 8.13. The molecule has 0 N–H and O–H groups in total. The number of hydrogen-bond acceptors (Lipinski definition) is 2. The number of carboxylic acid groups (broad SMARTS) is 1. The summed E-state index contributed by atoms with van der Waals surface area (Å²) >= 11 is 0. The van der Waals surface area contributed by atoms with Crippen LogP contribution in [0.5, 0.6) is 0 Å². The summed E-state index contributed by atoms with van der Waals surface area (Å²) in [4.78, 5) is 10.8. The molecule has 0 saturated heterocycles. The van der Waals surface area contributed by atoms with Crippen LogP contribution in [0.25, 0.3) is 0 Å². The van der Waals surface area contributed by atoms with Gasteiger partial charge in [0, 0.05) is 5.41 Å². The number of carboxylic acids is 1. The van der Waals surface area contributed by atoms with Gasteiger partial charge in [-0.15, -0.1) is 0 Å². The molecule has 0 aliphatic carbocycles. The van der Waals surface area contributed by atoms with Gasteiger partial charge in [-0.05, 0) is 12.5 Å². The van der Waals surface area contributed by atoms with Crippen LogP contribution >= 0.6 is 0 Å². The number of aliphatic carboxylic acids is 1. The summed E-state index contributed by atoms with van der Waals surface area (Å²) in [6.45, 7) is 5.26. The molecule has 2 heteroatoms. The third-order valence-electron chi connectivity index (χ3n) is 2.28. The molecule has 1 rings (SSSR count). The Morgan fingerprint density at radius 1 is 1.23 bits per heavy atom. The second-order valence-corrected chi connectivity index (χ2v) is 3.78. The lowest BCUT2D eigenvalue weighted by Crippen LogP contribution is -2.41. The van der Waals surface area contributed by atoms with Crippen LogP contribution in [0.3, 0.4) is 0 Å². The van der Waals surface area contributed by atoms with Crippen molar-refractivity contribution in [1.82, 2.24) is 0 Å². The number of rotatable bonds is 2. The maximum absolute atomic E-state index is 10.8. The number of carbonyl (C=O) groups is 1. The Bertz CT molecular complexity index is 309. The highest BCUT2D eigenvalue weighted by Gasteiger charge is 2.21. The molecule has 0 aromatic heterocycles. The molecule has 0 bridgehead atoms. The quantitative estimate of drug-likeness (QED) is 0.676. The molecule has 0 saturated carbocycles. The molecule has 2 nitrogen and oxygen atoms in total. The second-order valence-electron chi connectivity index (χ2n) is 3.78. The van der Waals surface area contributed by atoms with Crippen LogP contribution in [-0.2, 0) is 10.2 Å². The minimum Gasteiger partial charge on any atom is -0.549 e. The lowest BCUT2D eigenvalue weighted by atomic mass is 9.84. The van der Waals surface area contributed by atoms with Gasteiger partial charge < -0.3 is 9.90 Å². The van der Waals surface area contributed by atoms with E-state index >= 15 is 0 Å². The topological polar surface area (TPSA) is 40.1 Å². The predicted molar refractivity (Wildman–Crippen MR) is 49.2 cm³/mol. The monoisotopic (exact) mass is 177 g/mol. The fraction of sp³-hybridized carbons (Fsp3) is 0.364. The zero-order valence-corrected chi connectivity index (χ0v) is 8.13. The molecule has 0 heterocycles. The molecule has 70 valence electrons. The molecule has 0 amide bonds. The average Bonchev–Trinajstić information content (AvgIpc) is 2.04. The number of carbonyl (C=O) groups excluding carboxylic acids is 1. The summed E-state index contributed by atoms with van der Waals surface area (Å²) in [5.41, 5.74) is 0.990. The molecule has 0 aliphatic rings. The van der Waals surface area contributed by atoms with Crippen LogP contribution in [0.2, 0.25) is 0 Å². The van der Waals surface area contributed by atoms with Gasteiger partial charge in [-0.2, -0.15) is 0 Å². The van der Waals surface area contributed by atoms with Crippen molar-refractivity contribution in [3.63, 3.8) is 0 Å². The van der Waals surface area contributed by atoms with E-state index in [1.54, 1.807) is 13.8 Å². The molecule has 0 spiro atoms. The molecule has 0 atom stereocenters. The standard InChI is InChI=1S/C11H14O2/c1-8-4-6-9(7-5-8)11(2,3)10(12)13/h4-7H,1-3H3,(H,12,13)/p-1. The van der Waals surface area contributed by atoms with Crippen molar-refractivity contribution in [2.45, 2.75) is 26.2 Å². The van der Waals surface area contributed by atoms with Crippen molar-refractivity contribution < 1.29 is 9.90 Å². The average molecular weight is 177 g/mol. The van der Waals surface area contributed by atoms with Crippen molar-refractivity contribution in [2.75, 3.05) is 0 Å². The van der Waals surface area contributed by atoms with Gasteiger partial charge in [-0.3, -0.25) is 0 Å². The Morgan fingerprint density at radius 2 is 1.69 bits per heavy atom. The number of hydrogen-bond donors (Lipinski definition) is 0. The Morgan fingerprint density at radius 3 is 2.08 bits per heavy atom. The molecule has 0 fully saturated rings. The highest BCUT2D eigenvalue weighted by molar-refractivity contribution is 5.78. The van der Waals surface area contributed by atoms with E-state index in [0.717, 1.165) is 11.1 Å². The van der Waals surface area contributed by atoms with E-state index < -0.39 is 11.4 Å². The minimum atomic E-state index is -1.05. The third-order valence-corrected chi connectivity index (χ3v) is 2.28. The first kappa shape index (κ1) is 9.78. The van der Waals surface area contributed by atoms with Gasteiger partial charge in [-0.1, -0.05) is 43.7 Å². The Balaban J connectivity index is 3.08. The lowest BCUT2D eigenvalue weighted by Gasteiger charge is -2.26. The first-order valence-electron chi connectivity index (χ1n) is 4.23. The molecular weight excluding hydrogens is 164 g/mol. The fourth-order valence-electron chi connectivity index (χ4n) is 1.09. The largest absolute Gasteiger partial charge is 0.549 e. The third kappa shape index (κ3) is 1.89. The van der Waals surface area contributed by atoms with Gasteiger partial charge in [0.2, 0.25) is 0 Å². The zero-order chi connectivity index (χ0) is 10.1. The summed E-state index contributed by atoms with van der Waals surface area (Å²) in [6.07, 6.45) is 0. The van der Waals surface area contributed by atoms with E-state index in [1.165, 1.54) is 0 Å². The van der Waals surface area contributed by atoms with E-state index in [9.17, 15) is 9.90 Å². The minimum absolute atomic E-state index is 0.776. The van der Waals surface area contributed by atoms with Crippen molar-refractivity contribution in [2.24, 2.45) is 0 Å².